The second kappa shape index (κ2) is 17.8. The first-order valence-corrected chi connectivity index (χ1v) is 21.0. The van der Waals surface area contributed by atoms with Gasteiger partial charge in [-0.15, -0.1) is 0 Å². The van der Waals surface area contributed by atoms with Gasteiger partial charge in [0, 0.05) is 72.0 Å². The molecule has 58 heavy (non-hydrogen) atoms. The Hall–Kier alpha value is -4.45. The maximum atomic E-state index is 14.7. The van der Waals surface area contributed by atoms with Crippen LogP contribution in [0.1, 0.15) is 67.6 Å². The number of hydrogen-bond donors (Lipinski definition) is 3. The van der Waals surface area contributed by atoms with Crippen LogP contribution in [0.5, 0.6) is 0 Å². The molecule has 3 N–H and O–H groups in total. The third kappa shape index (κ3) is 9.06. The minimum Gasteiger partial charge on any atom is -0.393 e. The Morgan fingerprint density at radius 2 is 1.69 bits per heavy atom. The molecular weight excluding hydrogens is 727 g/mol. The Labute approximate surface area is 346 Å². The van der Waals surface area contributed by atoms with Gasteiger partial charge in [0.1, 0.15) is 12.1 Å². The van der Waals surface area contributed by atoms with Crippen molar-refractivity contribution in [1.82, 2.24) is 25.5 Å². The summed E-state index contributed by atoms with van der Waals surface area (Å²) in [6, 6.07) is 21.7. The SMILES string of the molecule is Cc1c(CN2O[C@@H](CN=C(N(C)C)N(C)C)[C@@H]([C@H](C)O)[C@H]2C(=O)NC2C[C@@H]3C[C@H]([C@@H]2C)C3(C)C)cccc1-c1cc(C(=O)NCCc2ccccc2)cc(N(C)C)c1. The molecule has 0 spiro atoms. The van der Waals surface area contributed by atoms with Gasteiger partial charge in [0.2, 0.25) is 5.91 Å². The number of benzene rings is 3. The number of aliphatic imine (C=N–C) groups is 1. The first-order chi connectivity index (χ1) is 27.5. The number of anilines is 1. The van der Waals surface area contributed by atoms with E-state index in [9.17, 15) is 14.7 Å². The van der Waals surface area contributed by atoms with Crippen LogP contribution in [0.15, 0.2) is 71.7 Å². The molecule has 1 aliphatic heterocycles. The van der Waals surface area contributed by atoms with Crippen LogP contribution in [0, 0.1) is 36.0 Å². The van der Waals surface area contributed by atoms with Crippen molar-refractivity contribution in [2.75, 3.05) is 60.3 Å². The summed E-state index contributed by atoms with van der Waals surface area (Å²) in [6.45, 7) is 12.0. The van der Waals surface area contributed by atoms with Crippen molar-refractivity contribution in [1.29, 1.82) is 0 Å². The highest BCUT2D eigenvalue weighted by Crippen LogP contribution is 2.61. The Balaban J connectivity index is 1.29. The number of amides is 2. The number of carbonyl (C=O) groups is 2. The molecule has 3 aromatic carbocycles. The predicted octanol–water partition coefficient (Wildman–Crippen LogP) is 5.85. The number of nitrogens with zero attached hydrogens (tertiary/aromatic N) is 5. The van der Waals surface area contributed by atoms with Crippen molar-refractivity contribution in [2.24, 2.45) is 34.1 Å². The minimum absolute atomic E-state index is 0.0747. The molecule has 2 amide bonds. The lowest BCUT2D eigenvalue weighted by atomic mass is 9.45. The topological polar surface area (TPSA) is 113 Å². The number of carbonyl (C=O) groups excluding carboxylic acids is 2. The Morgan fingerprint density at radius 1 is 0.983 bits per heavy atom. The van der Waals surface area contributed by atoms with E-state index in [2.05, 4.69) is 68.7 Å². The van der Waals surface area contributed by atoms with Crippen molar-refractivity contribution in [3.05, 3.63) is 89.0 Å². The largest absolute Gasteiger partial charge is 0.393 e. The maximum absolute atomic E-state index is 14.7. The molecule has 0 aromatic heterocycles. The van der Waals surface area contributed by atoms with Gasteiger partial charge in [0.05, 0.1) is 19.2 Å². The first-order valence-electron chi connectivity index (χ1n) is 21.0. The summed E-state index contributed by atoms with van der Waals surface area (Å²) >= 11 is 0. The zero-order valence-corrected chi connectivity index (χ0v) is 36.6. The lowest BCUT2D eigenvalue weighted by Crippen LogP contribution is -2.62. The van der Waals surface area contributed by atoms with Crippen molar-refractivity contribution in [3.8, 4) is 11.1 Å². The van der Waals surface area contributed by atoms with Gasteiger partial charge in [-0.25, -0.2) is 0 Å². The van der Waals surface area contributed by atoms with E-state index in [1.165, 1.54) is 12.0 Å². The molecule has 1 saturated heterocycles. The molecule has 11 nitrogen and oxygen atoms in total. The van der Waals surface area contributed by atoms with Crippen LogP contribution in [0.25, 0.3) is 11.1 Å². The number of hydroxylamine groups is 2. The molecule has 1 unspecified atom stereocenters. The van der Waals surface area contributed by atoms with E-state index >= 15 is 0 Å². The van der Waals surface area contributed by atoms with Crippen LogP contribution in [0.2, 0.25) is 0 Å². The first kappa shape index (κ1) is 43.1. The number of hydrogen-bond acceptors (Lipinski definition) is 7. The molecule has 0 radical (unpaired) electrons. The minimum atomic E-state index is -0.822. The number of aliphatic hydroxyl groups is 1. The summed E-state index contributed by atoms with van der Waals surface area (Å²) in [7, 11) is 11.8. The highest BCUT2D eigenvalue weighted by molar-refractivity contribution is 5.97. The number of rotatable bonds is 13. The lowest BCUT2D eigenvalue weighted by Gasteiger charge is -2.62. The molecule has 8 atom stereocenters. The number of guanidine groups is 1. The van der Waals surface area contributed by atoms with E-state index < -0.39 is 24.2 Å². The lowest BCUT2D eigenvalue weighted by molar-refractivity contribution is -0.175. The molecule has 3 aliphatic carbocycles. The van der Waals surface area contributed by atoms with Gasteiger partial charge < -0.3 is 30.4 Å². The van der Waals surface area contributed by atoms with Crippen LogP contribution >= 0.6 is 0 Å². The van der Waals surface area contributed by atoms with Crippen molar-refractivity contribution in [2.45, 2.75) is 84.7 Å². The highest BCUT2D eigenvalue weighted by atomic mass is 16.7. The standard InChI is InChI=1S/C47H67N7O4/c1-29-33(18-15-19-38(29)34-22-35(24-37(23-34)51(6)7)44(56)48-21-20-32-16-13-12-14-17-32)28-54-43(45(57)50-40-26-36-25-39(30(40)2)47(36,4)5)42(31(3)55)41(58-54)27-49-46(52(8)9)53(10)11/h12-19,22-24,30-31,36,39-43,55H,20-21,25-28H2,1-11H3,(H,48,56)(H,50,57)/t30-,31-,36-,39+,40?,41-,42+,43-/m0/s1. The van der Waals surface area contributed by atoms with Gasteiger partial charge in [-0.1, -0.05) is 69.3 Å². The van der Waals surface area contributed by atoms with E-state index in [0.717, 1.165) is 46.7 Å². The average Bonchev–Trinajstić information content (AvgIpc) is 3.54. The van der Waals surface area contributed by atoms with Gasteiger partial charge in [-0.3, -0.25) is 19.4 Å². The normalized spacial score (nSPS) is 25.3. The van der Waals surface area contributed by atoms with Crippen LogP contribution < -0.4 is 15.5 Å². The summed E-state index contributed by atoms with van der Waals surface area (Å²) in [4.78, 5) is 45.8. The maximum Gasteiger partial charge on any atom is 0.251 e. The van der Waals surface area contributed by atoms with Crippen LogP contribution in [0.3, 0.4) is 0 Å². The number of aliphatic hydroxyl groups excluding tert-OH is 1. The molecule has 2 bridgehead atoms. The Bertz CT molecular complexity index is 1930. The van der Waals surface area contributed by atoms with E-state index in [-0.39, 0.29) is 24.4 Å². The van der Waals surface area contributed by atoms with E-state index in [0.29, 0.717) is 41.8 Å². The highest BCUT2D eigenvalue weighted by Gasteiger charge is 2.57. The molecule has 3 saturated carbocycles. The van der Waals surface area contributed by atoms with Crippen LogP contribution in [-0.2, 0) is 22.6 Å². The summed E-state index contributed by atoms with van der Waals surface area (Å²) in [6.07, 6.45) is 1.60. The van der Waals surface area contributed by atoms with Gasteiger partial charge in [0.15, 0.2) is 5.96 Å². The molecule has 4 aliphatic rings. The van der Waals surface area contributed by atoms with Gasteiger partial charge in [0.25, 0.3) is 5.91 Å². The quantitative estimate of drug-likeness (QED) is 0.146. The zero-order valence-electron chi connectivity index (χ0n) is 36.6. The molecule has 314 valence electrons. The smallest absolute Gasteiger partial charge is 0.251 e. The number of fused-ring (bicyclic) bond motifs is 2. The Kier molecular flexibility index (Phi) is 13.2. The summed E-state index contributed by atoms with van der Waals surface area (Å²) in [5.74, 6) is 1.57. The second-order valence-electron chi connectivity index (χ2n) is 18.2. The monoisotopic (exact) mass is 794 g/mol. The molecular formula is C47H67N7O4. The van der Waals surface area contributed by atoms with Crippen LogP contribution in [0.4, 0.5) is 5.69 Å². The van der Waals surface area contributed by atoms with Gasteiger partial charge in [-0.05, 0) is 102 Å². The summed E-state index contributed by atoms with van der Waals surface area (Å²) in [5, 5.41) is 19.8. The summed E-state index contributed by atoms with van der Waals surface area (Å²) in [5.41, 5.74) is 6.92. The van der Waals surface area contributed by atoms with E-state index in [1.54, 1.807) is 12.0 Å². The zero-order chi connectivity index (χ0) is 42.1. The molecule has 7 rings (SSSR count). The number of nitrogens with one attached hydrogen (secondary N) is 2. The molecule has 3 aromatic rings. The molecule has 4 fully saturated rings. The van der Waals surface area contributed by atoms with Crippen molar-refractivity contribution in [3.63, 3.8) is 0 Å². The fourth-order valence-electron chi connectivity index (χ4n) is 9.90. The van der Waals surface area contributed by atoms with E-state index in [4.69, 9.17) is 9.83 Å². The third-order valence-corrected chi connectivity index (χ3v) is 13.4. The fraction of sp³-hybridized carbons (Fsp3) is 0.553. The molecule has 11 heteroatoms. The van der Waals surface area contributed by atoms with Crippen molar-refractivity contribution >= 4 is 23.5 Å². The van der Waals surface area contributed by atoms with E-state index in [1.807, 2.05) is 93.4 Å². The van der Waals surface area contributed by atoms with Gasteiger partial charge >= 0.3 is 0 Å². The summed E-state index contributed by atoms with van der Waals surface area (Å²) < 4.78 is 0. The third-order valence-electron chi connectivity index (χ3n) is 13.4. The fourth-order valence-corrected chi connectivity index (χ4v) is 9.90. The Morgan fingerprint density at radius 3 is 2.31 bits per heavy atom. The second-order valence-corrected chi connectivity index (χ2v) is 18.2. The molecule has 1 heterocycles. The van der Waals surface area contributed by atoms with Gasteiger partial charge in [-0.2, -0.15) is 5.06 Å². The van der Waals surface area contributed by atoms with Crippen LogP contribution in [-0.4, -0.2) is 117 Å². The average molecular weight is 794 g/mol. The van der Waals surface area contributed by atoms with Crippen molar-refractivity contribution < 1.29 is 19.5 Å². The predicted molar refractivity (Wildman–Crippen MR) is 234 cm³/mol.